The Bertz CT molecular complexity index is 2360. The molecule has 0 radical (unpaired) electrons. The monoisotopic (exact) mass is 711 g/mol. The molecule has 0 aliphatic rings. The summed E-state index contributed by atoms with van der Waals surface area (Å²) in [4.78, 5) is 45.6. The highest BCUT2D eigenvalue weighted by Crippen LogP contribution is 2.47. The molecule has 0 saturated carbocycles. The van der Waals surface area contributed by atoms with Crippen LogP contribution in [0.4, 0.5) is 23.0 Å². The number of phenolic OH excluding ortho intramolecular Hbond substituents is 1. The summed E-state index contributed by atoms with van der Waals surface area (Å²) in [6.45, 7) is 0. The van der Waals surface area contributed by atoms with Crippen LogP contribution in [0.2, 0.25) is 0 Å². The van der Waals surface area contributed by atoms with Gasteiger partial charge in [-0.2, -0.15) is 32.8 Å². The first-order valence-electron chi connectivity index (χ1n) is 13.3. The van der Waals surface area contributed by atoms with E-state index in [0.717, 1.165) is 18.2 Å². The van der Waals surface area contributed by atoms with Gasteiger partial charge in [-0.1, -0.05) is 30.3 Å². The second-order valence-corrected chi connectivity index (χ2v) is 11.9. The SMILES string of the molecule is NOS(=O)(=O)c1cc(Nc2nc(Cc3ccccc3C(=O)O)[nH]c(=O)n2)c2c(O)c(N=Nc3ccccc3C(=O)O)c(OS(=O)O)cc2c1. The number of nitrogens with two attached hydrogens (primary N) is 1. The van der Waals surface area contributed by atoms with Gasteiger partial charge in [0.1, 0.15) is 11.5 Å². The van der Waals surface area contributed by atoms with Gasteiger partial charge in [0.25, 0.3) is 0 Å². The molecule has 5 rings (SSSR count). The van der Waals surface area contributed by atoms with Crippen LogP contribution in [0.25, 0.3) is 10.8 Å². The second-order valence-electron chi connectivity index (χ2n) is 9.70. The maximum absolute atomic E-state index is 12.6. The minimum atomic E-state index is -4.65. The zero-order valence-electron chi connectivity index (χ0n) is 24.3. The molecule has 1 heterocycles. The molecular formula is C28H21N7O12S2. The van der Waals surface area contributed by atoms with Crippen molar-refractivity contribution in [2.45, 2.75) is 11.3 Å². The van der Waals surface area contributed by atoms with Gasteiger partial charge >= 0.3 is 39.1 Å². The van der Waals surface area contributed by atoms with Crippen LogP contribution in [0.5, 0.6) is 11.5 Å². The van der Waals surface area contributed by atoms with Gasteiger partial charge in [-0.3, -0.25) is 9.54 Å². The first-order valence-corrected chi connectivity index (χ1v) is 15.8. The van der Waals surface area contributed by atoms with Crippen molar-refractivity contribution in [1.29, 1.82) is 0 Å². The molecular weight excluding hydrogens is 690 g/mol. The third kappa shape index (κ3) is 7.55. The van der Waals surface area contributed by atoms with Gasteiger partial charge in [-0.25, -0.2) is 14.4 Å². The van der Waals surface area contributed by atoms with E-state index in [1.807, 2.05) is 0 Å². The number of H-pyrrole nitrogens is 1. The number of benzene rings is 4. The highest BCUT2D eigenvalue weighted by Gasteiger charge is 2.24. The van der Waals surface area contributed by atoms with Gasteiger partial charge in [0.2, 0.25) is 5.95 Å². The van der Waals surface area contributed by atoms with Gasteiger partial charge in [0, 0.05) is 11.8 Å². The van der Waals surface area contributed by atoms with Crippen LogP contribution in [0, 0.1) is 0 Å². The first-order chi connectivity index (χ1) is 23.3. The Morgan fingerprint density at radius 1 is 0.980 bits per heavy atom. The molecule has 0 aliphatic heterocycles. The summed E-state index contributed by atoms with van der Waals surface area (Å²) in [6, 6.07) is 14.3. The molecule has 1 atom stereocenters. The van der Waals surface area contributed by atoms with Crippen LogP contribution < -0.4 is 21.1 Å². The maximum Gasteiger partial charge on any atom is 0.357 e. The molecule has 0 bridgehead atoms. The van der Waals surface area contributed by atoms with Gasteiger partial charge < -0.3 is 24.8 Å². The lowest BCUT2D eigenvalue weighted by Gasteiger charge is -2.15. The summed E-state index contributed by atoms with van der Waals surface area (Å²) in [7, 11) is -4.65. The Kier molecular flexibility index (Phi) is 9.72. The van der Waals surface area contributed by atoms with Crippen molar-refractivity contribution in [3.05, 3.63) is 99.7 Å². The fourth-order valence-corrected chi connectivity index (χ4v) is 5.52. The summed E-state index contributed by atoms with van der Waals surface area (Å²) in [6.07, 6.45) is -0.169. The molecule has 1 unspecified atom stereocenters. The number of aromatic carboxylic acids is 2. The number of rotatable bonds is 12. The number of hydrogen-bond acceptors (Lipinski definition) is 15. The van der Waals surface area contributed by atoms with E-state index in [1.165, 1.54) is 42.5 Å². The fourth-order valence-electron chi connectivity index (χ4n) is 4.59. The predicted octanol–water partition coefficient (Wildman–Crippen LogP) is 3.26. The molecule has 49 heavy (non-hydrogen) atoms. The average Bonchev–Trinajstić information content (AvgIpc) is 3.04. The van der Waals surface area contributed by atoms with Crippen molar-refractivity contribution < 1.29 is 50.6 Å². The minimum Gasteiger partial charge on any atom is -0.505 e. The van der Waals surface area contributed by atoms with E-state index in [1.54, 1.807) is 6.07 Å². The number of fused-ring (bicyclic) bond motifs is 1. The number of carboxylic acid groups (broad SMARTS) is 2. The molecule has 4 aromatic carbocycles. The zero-order valence-corrected chi connectivity index (χ0v) is 25.9. The number of azo groups is 1. The number of anilines is 2. The van der Waals surface area contributed by atoms with Crippen molar-refractivity contribution in [2.24, 2.45) is 16.1 Å². The Labute approximate surface area is 276 Å². The number of phenols is 1. The molecule has 0 amide bonds. The molecule has 19 nitrogen and oxygen atoms in total. The van der Waals surface area contributed by atoms with Crippen LogP contribution >= 0.6 is 0 Å². The zero-order chi connectivity index (χ0) is 35.5. The third-order valence-electron chi connectivity index (χ3n) is 6.64. The summed E-state index contributed by atoms with van der Waals surface area (Å²) in [5, 5.41) is 40.4. The van der Waals surface area contributed by atoms with Gasteiger partial charge in [-0.15, -0.1) is 10.2 Å². The van der Waals surface area contributed by atoms with E-state index in [2.05, 4.69) is 34.8 Å². The number of aromatic hydroxyl groups is 1. The molecule has 8 N–H and O–H groups in total. The van der Waals surface area contributed by atoms with Gasteiger partial charge in [0.15, 0.2) is 17.2 Å². The number of hydrogen-bond donors (Lipinski definition) is 7. The van der Waals surface area contributed by atoms with Gasteiger partial charge in [0.05, 0.1) is 21.7 Å². The van der Waals surface area contributed by atoms with Crippen LogP contribution in [0.1, 0.15) is 32.1 Å². The quantitative estimate of drug-likeness (QED) is 0.0555. The lowest BCUT2D eigenvalue weighted by atomic mass is 10.0. The Morgan fingerprint density at radius 3 is 2.33 bits per heavy atom. The van der Waals surface area contributed by atoms with Crippen molar-refractivity contribution in [1.82, 2.24) is 15.0 Å². The van der Waals surface area contributed by atoms with Gasteiger partial charge in [-0.05, 0) is 47.3 Å². The second kappa shape index (κ2) is 13.9. The number of nitrogens with zero attached hydrogens (tertiary/aromatic N) is 4. The topological polar surface area (TPSA) is 306 Å². The third-order valence-corrected chi connectivity index (χ3v) is 8.03. The largest absolute Gasteiger partial charge is 0.505 e. The number of aromatic nitrogens is 3. The molecule has 1 aromatic heterocycles. The maximum atomic E-state index is 12.6. The fraction of sp³-hybridized carbons (Fsp3) is 0.0357. The Balaban J connectivity index is 1.70. The Morgan fingerprint density at radius 2 is 1.65 bits per heavy atom. The van der Waals surface area contributed by atoms with Crippen molar-refractivity contribution in [2.75, 3.05) is 5.32 Å². The predicted molar refractivity (Wildman–Crippen MR) is 169 cm³/mol. The van der Waals surface area contributed by atoms with Crippen LogP contribution in [-0.4, -0.2) is 59.4 Å². The molecule has 0 saturated heterocycles. The smallest absolute Gasteiger partial charge is 0.357 e. The minimum absolute atomic E-state index is 0.0495. The highest BCUT2D eigenvalue weighted by atomic mass is 32.2. The number of carboxylic acids is 2. The molecule has 0 aliphatic carbocycles. The molecule has 0 spiro atoms. The lowest BCUT2D eigenvalue weighted by Crippen LogP contribution is -2.18. The Hall–Kier alpha value is -6.13. The first kappa shape index (κ1) is 34.2. The van der Waals surface area contributed by atoms with E-state index in [4.69, 9.17) is 10.1 Å². The number of nitrogens with one attached hydrogen (secondary N) is 2. The molecule has 5 aromatic rings. The van der Waals surface area contributed by atoms with Crippen LogP contribution in [-0.2, 0) is 32.2 Å². The van der Waals surface area contributed by atoms with E-state index >= 15 is 0 Å². The van der Waals surface area contributed by atoms with Crippen LogP contribution in [0.15, 0.2) is 86.6 Å². The standard InChI is InChI=1S/C28H21N7O12S2/c29-47-49(44,45)15-9-14-10-20(46-48(42)43)23(35-34-18-8-4-3-7-17(18)26(39)40)24(36)22(14)19(12-15)30-27-31-21(32-28(41)33-27)11-13-5-1-2-6-16(13)25(37)38/h1-10,12,36H,11,29H2,(H,37,38)(H,39,40)(H,42,43)(H2,30,31,32,33,41). The van der Waals surface area contributed by atoms with Crippen molar-refractivity contribution >= 4 is 67.2 Å². The summed E-state index contributed by atoms with van der Waals surface area (Å²) in [5.74, 6) is 0.493. The molecule has 21 heteroatoms. The number of carbonyl (C=O) groups is 2. The van der Waals surface area contributed by atoms with E-state index in [0.29, 0.717) is 5.56 Å². The van der Waals surface area contributed by atoms with E-state index < -0.39 is 67.1 Å². The normalized spacial score (nSPS) is 12.2. The van der Waals surface area contributed by atoms with Crippen LogP contribution in [0.3, 0.4) is 0 Å². The average molecular weight is 712 g/mol. The summed E-state index contributed by atoms with van der Waals surface area (Å²) < 4.78 is 55.4. The lowest BCUT2D eigenvalue weighted by molar-refractivity contribution is 0.0686. The molecule has 0 fully saturated rings. The van der Waals surface area contributed by atoms with Crippen molar-refractivity contribution in [3.63, 3.8) is 0 Å². The van der Waals surface area contributed by atoms with E-state index in [-0.39, 0.29) is 45.5 Å². The number of aromatic amines is 1. The van der Waals surface area contributed by atoms with Crippen molar-refractivity contribution in [3.8, 4) is 11.5 Å². The summed E-state index contributed by atoms with van der Waals surface area (Å²) >= 11 is -3.01. The van der Waals surface area contributed by atoms with E-state index in [9.17, 15) is 46.9 Å². The summed E-state index contributed by atoms with van der Waals surface area (Å²) in [5.41, 5.74) is -2.03. The highest BCUT2D eigenvalue weighted by molar-refractivity contribution is 7.86. The molecule has 252 valence electrons.